The van der Waals surface area contributed by atoms with Crippen molar-refractivity contribution in [2.45, 2.75) is 33.3 Å². The lowest BCUT2D eigenvalue weighted by Crippen LogP contribution is -1.98. The highest BCUT2D eigenvalue weighted by atomic mass is 35.5. The summed E-state index contributed by atoms with van der Waals surface area (Å²) in [5.41, 5.74) is 5.66. The molecule has 0 bridgehead atoms. The van der Waals surface area contributed by atoms with Crippen LogP contribution in [0, 0.1) is 13.8 Å². The van der Waals surface area contributed by atoms with Crippen molar-refractivity contribution in [1.29, 1.82) is 0 Å². The third-order valence-corrected chi connectivity index (χ3v) is 4.50. The van der Waals surface area contributed by atoms with E-state index in [9.17, 15) is 0 Å². The highest BCUT2D eigenvalue weighted by Crippen LogP contribution is 2.25. The first-order chi connectivity index (χ1) is 11.6. The van der Waals surface area contributed by atoms with Crippen LogP contribution in [-0.2, 0) is 13.0 Å². The largest absolute Gasteiger partial charge is 0.486 e. The summed E-state index contributed by atoms with van der Waals surface area (Å²) in [6.07, 6.45) is 1.56. The number of nitrogens with zero attached hydrogens (tertiary/aromatic N) is 1. The van der Waals surface area contributed by atoms with E-state index in [4.69, 9.17) is 26.4 Å². The van der Waals surface area contributed by atoms with E-state index in [-0.39, 0.29) is 6.61 Å². The lowest BCUT2D eigenvalue weighted by atomic mass is 9.98. The average Bonchev–Trinajstić information content (AvgIpc) is 2.97. The molecule has 2 N–H and O–H groups in total. The Morgan fingerprint density at radius 3 is 2.67 bits per heavy atom. The van der Waals surface area contributed by atoms with Crippen LogP contribution < -0.4 is 4.74 Å². The van der Waals surface area contributed by atoms with Crippen LogP contribution in [0.1, 0.15) is 28.9 Å². The normalized spacial score (nSPS) is 11.2. The molecule has 0 unspecified atom stereocenters. The number of aliphatic hydroxyl groups excluding tert-OH is 1. The second-order valence-electron chi connectivity index (χ2n) is 5.95. The smallest absolute Gasteiger partial charge is 0.146 e. The average molecular weight is 345 g/mol. The number of halogens is 1. The summed E-state index contributed by atoms with van der Waals surface area (Å²) < 4.78 is 5.77. The number of aliphatic hydroxyl groups is 1. The number of hydrogen-bond acceptors (Lipinski definition) is 3. The molecule has 0 amide bonds. The van der Waals surface area contributed by atoms with E-state index < -0.39 is 0 Å². The number of nitrogens with one attached hydrogen (secondary N) is 1. The molecule has 0 aliphatic rings. The minimum Gasteiger partial charge on any atom is -0.486 e. The van der Waals surface area contributed by atoms with Crippen LogP contribution in [0.5, 0.6) is 5.75 Å². The van der Waals surface area contributed by atoms with E-state index in [1.807, 2.05) is 12.1 Å². The van der Waals surface area contributed by atoms with Gasteiger partial charge in [-0.15, -0.1) is 0 Å². The van der Waals surface area contributed by atoms with Gasteiger partial charge in [-0.05, 0) is 73.7 Å². The van der Waals surface area contributed by atoms with E-state index in [1.54, 1.807) is 12.1 Å². The molecule has 0 saturated heterocycles. The zero-order valence-electron chi connectivity index (χ0n) is 13.9. The summed E-state index contributed by atoms with van der Waals surface area (Å²) in [5.74, 6) is 1.54. The van der Waals surface area contributed by atoms with Crippen molar-refractivity contribution in [3.63, 3.8) is 0 Å². The van der Waals surface area contributed by atoms with Gasteiger partial charge in [-0.1, -0.05) is 11.6 Å². The fourth-order valence-corrected chi connectivity index (χ4v) is 2.95. The molecule has 3 aromatic rings. The van der Waals surface area contributed by atoms with Gasteiger partial charge in [0.2, 0.25) is 0 Å². The molecular formula is C19H21ClN2O2. The van der Waals surface area contributed by atoms with E-state index in [1.165, 1.54) is 16.7 Å². The highest BCUT2D eigenvalue weighted by Gasteiger charge is 2.12. The van der Waals surface area contributed by atoms with Crippen molar-refractivity contribution in [2.75, 3.05) is 6.61 Å². The Bertz CT molecular complexity index is 841. The Hall–Kier alpha value is -2.04. The van der Waals surface area contributed by atoms with Gasteiger partial charge in [0.1, 0.15) is 18.2 Å². The molecule has 24 heavy (non-hydrogen) atoms. The summed E-state index contributed by atoms with van der Waals surface area (Å²) in [6.45, 7) is 4.77. The lowest BCUT2D eigenvalue weighted by molar-refractivity contribution is 0.288. The molecule has 0 atom stereocenters. The standard InChI is InChI=1S/C19H21ClN2O2/c1-12-10-17-19(16(13(12)2)4-3-9-23)22-18(21-17)11-24-15-7-5-14(20)6-8-15/h5-8,10,23H,3-4,9,11H2,1-2H3,(H,21,22). The molecular weight excluding hydrogens is 324 g/mol. The summed E-state index contributed by atoms with van der Waals surface area (Å²) >= 11 is 5.88. The second kappa shape index (κ2) is 7.24. The number of benzene rings is 2. The van der Waals surface area contributed by atoms with Crippen LogP contribution in [0.2, 0.25) is 5.02 Å². The minimum atomic E-state index is 0.186. The topological polar surface area (TPSA) is 58.1 Å². The second-order valence-corrected chi connectivity index (χ2v) is 6.38. The van der Waals surface area contributed by atoms with Crippen LogP contribution in [0.4, 0.5) is 0 Å². The van der Waals surface area contributed by atoms with Gasteiger partial charge < -0.3 is 14.8 Å². The Labute approximate surface area is 146 Å². The number of aromatic amines is 1. The van der Waals surface area contributed by atoms with Gasteiger partial charge in [0.15, 0.2) is 0 Å². The molecule has 0 aliphatic carbocycles. The molecule has 0 fully saturated rings. The van der Waals surface area contributed by atoms with Gasteiger partial charge in [-0.3, -0.25) is 0 Å². The zero-order valence-corrected chi connectivity index (χ0v) is 14.7. The highest BCUT2D eigenvalue weighted by molar-refractivity contribution is 6.30. The molecule has 0 spiro atoms. The van der Waals surface area contributed by atoms with Gasteiger partial charge in [0.05, 0.1) is 11.0 Å². The maximum Gasteiger partial charge on any atom is 0.146 e. The van der Waals surface area contributed by atoms with Crippen molar-refractivity contribution in [3.05, 3.63) is 57.9 Å². The summed E-state index contributed by atoms with van der Waals surface area (Å²) in [4.78, 5) is 8.05. The van der Waals surface area contributed by atoms with Gasteiger partial charge in [-0.25, -0.2) is 4.98 Å². The van der Waals surface area contributed by atoms with E-state index >= 15 is 0 Å². The Balaban J connectivity index is 1.85. The van der Waals surface area contributed by atoms with Crippen LogP contribution in [0.15, 0.2) is 30.3 Å². The molecule has 4 nitrogen and oxygen atoms in total. The van der Waals surface area contributed by atoms with Crippen molar-refractivity contribution in [1.82, 2.24) is 9.97 Å². The number of H-pyrrole nitrogens is 1. The van der Waals surface area contributed by atoms with Crippen molar-refractivity contribution < 1.29 is 9.84 Å². The third-order valence-electron chi connectivity index (χ3n) is 4.25. The van der Waals surface area contributed by atoms with Crippen LogP contribution >= 0.6 is 11.6 Å². The third kappa shape index (κ3) is 3.55. The van der Waals surface area contributed by atoms with Gasteiger partial charge >= 0.3 is 0 Å². The predicted molar refractivity (Wildman–Crippen MR) is 96.8 cm³/mol. The molecule has 1 heterocycles. The molecule has 3 rings (SSSR count). The molecule has 5 heteroatoms. The first kappa shape index (κ1) is 16.8. The minimum absolute atomic E-state index is 0.186. The van der Waals surface area contributed by atoms with Gasteiger partial charge in [0.25, 0.3) is 0 Å². The van der Waals surface area contributed by atoms with Crippen LogP contribution in [-0.4, -0.2) is 21.7 Å². The Morgan fingerprint density at radius 2 is 1.96 bits per heavy atom. The summed E-state index contributed by atoms with van der Waals surface area (Å²) in [5, 5.41) is 9.82. The van der Waals surface area contributed by atoms with E-state index in [0.717, 1.165) is 35.4 Å². The predicted octanol–water partition coefficient (Wildman–Crippen LogP) is 4.34. The fourth-order valence-electron chi connectivity index (χ4n) is 2.83. The summed E-state index contributed by atoms with van der Waals surface area (Å²) in [7, 11) is 0. The van der Waals surface area contributed by atoms with Crippen molar-refractivity contribution >= 4 is 22.6 Å². The van der Waals surface area contributed by atoms with Crippen molar-refractivity contribution in [3.8, 4) is 5.75 Å². The number of ether oxygens (including phenoxy) is 1. The quantitative estimate of drug-likeness (QED) is 0.699. The summed E-state index contributed by atoms with van der Waals surface area (Å²) in [6, 6.07) is 9.40. The van der Waals surface area contributed by atoms with E-state index in [0.29, 0.717) is 11.6 Å². The van der Waals surface area contributed by atoms with Crippen LogP contribution in [0.3, 0.4) is 0 Å². The number of rotatable bonds is 6. The number of fused-ring (bicyclic) bond motifs is 1. The Kier molecular flexibility index (Phi) is 5.07. The SMILES string of the molecule is Cc1cc2[nH]c(COc3ccc(Cl)cc3)nc2c(CCCO)c1C. The van der Waals surface area contributed by atoms with E-state index in [2.05, 4.69) is 24.9 Å². The molecule has 0 aliphatic heterocycles. The molecule has 0 radical (unpaired) electrons. The number of hydrogen-bond donors (Lipinski definition) is 2. The number of imidazole rings is 1. The van der Waals surface area contributed by atoms with Crippen LogP contribution in [0.25, 0.3) is 11.0 Å². The maximum atomic E-state index is 9.14. The van der Waals surface area contributed by atoms with Gasteiger partial charge in [-0.2, -0.15) is 0 Å². The Morgan fingerprint density at radius 1 is 1.21 bits per heavy atom. The maximum absolute atomic E-state index is 9.14. The number of aromatic nitrogens is 2. The molecule has 0 saturated carbocycles. The zero-order chi connectivity index (χ0) is 17.1. The molecule has 126 valence electrons. The monoisotopic (exact) mass is 344 g/mol. The van der Waals surface area contributed by atoms with Crippen molar-refractivity contribution in [2.24, 2.45) is 0 Å². The molecule has 1 aromatic heterocycles. The lowest BCUT2D eigenvalue weighted by Gasteiger charge is -2.09. The first-order valence-corrected chi connectivity index (χ1v) is 8.43. The molecule has 2 aromatic carbocycles. The van der Waals surface area contributed by atoms with Gasteiger partial charge in [0, 0.05) is 11.6 Å². The number of aryl methyl sites for hydroxylation is 2. The fraction of sp³-hybridized carbons (Fsp3) is 0.316. The first-order valence-electron chi connectivity index (χ1n) is 8.05.